The normalized spacial score (nSPS) is 11.5. The molecule has 31 heavy (non-hydrogen) atoms. The van der Waals surface area contributed by atoms with Gasteiger partial charge in [-0.1, -0.05) is 12.1 Å². The molecule has 4 aromatic rings. The van der Waals surface area contributed by atoms with E-state index in [4.69, 9.17) is 9.47 Å². The molecule has 8 nitrogen and oxygen atoms in total. The van der Waals surface area contributed by atoms with Crippen LogP contribution in [0, 0.1) is 0 Å². The first-order valence-corrected chi connectivity index (χ1v) is 11.1. The third-order valence-electron chi connectivity index (χ3n) is 4.87. The average molecular weight is 439 g/mol. The van der Waals surface area contributed by atoms with Crippen LogP contribution in [-0.4, -0.2) is 37.2 Å². The molecule has 0 atom stereocenters. The van der Waals surface area contributed by atoms with Gasteiger partial charge in [-0.15, -0.1) is 0 Å². The summed E-state index contributed by atoms with van der Waals surface area (Å²) in [5, 5.41) is 0. The monoisotopic (exact) mass is 438 g/mol. The molecular formula is C22H22N4O4S. The lowest BCUT2D eigenvalue weighted by Crippen LogP contribution is -2.25. The molecule has 0 unspecified atom stereocenters. The van der Waals surface area contributed by atoms with E-state index >= 15 is 0 Å². The van der Waals surface area contributed by atoms with Crippen LogP contribution in [0.15, 0.2) is 71.8 Å². The summed E-state index contributed by atoms with van der Waals surface area (Å²) in [5.74, 6) is 1.93. The number of sulfonamides is 1. The minimum atomic E-state index is -3.72. The maximum absolute atomic E-state index is 12.7. The Morgan fingerprint density at radius 1 is 0.935 bits per heavy atom. The molecule has 0 saturated heterocycles. The zero-order valence-electron chi connectivity index (χ0n) is 17.1. The standard InChI is InChI=1S/C22H22N4O4S/c1-29-17-7-5-16(6-8-17)15-26-21(25-20-4-3-13-23-22(20)26)14-24-31(27,28)19-11-9-18(30-2)10-12-19/h3-13,24H,14-15H2,1-2H3. The highest BCUT2D eigenvalue weighted by Crippen LogP contribution is 2.19. The molecule has 0 aliphatic heterocycles. The van der Waals surface area contributed by atoms with Crippen molar-refractivity contribution in [2.75, 3.05) is 14.2 Å². The van der Waals surface area contributed by atoms with Crippen molar-refractivity contribution in [3.63, 3.8) is 0 Å². The Morgan fingerprint density at radius 3 is 2.23 bits per heavy atom. The summed E-state index contributed by atoms with van der Waals surface area (Å²) >= 11 is 0. The van der Waals surface area contributed by atoms with Gasteiger partial charge in [-0.05, 0) is 54.1 Å². The van der Waals surface area contributed by atoms with E-state index in [-0.39, 0.29) is 11.4 Å². The zero-order chi connectivity index (χ0) is 21.8. The first-order valence-electron chi connectivity index (χ1n) is 9.57. The van der Waals surface area contributed by atoms with E-state index in [9.17, 15) is 8.42 Å². The summed E-state index contributed by atoms with van der Waals surface area (Å²) in [5.41, 5.74) is 2.41. The number of nitrogens with one attached hydrogen (secondary N) is 1. The van der Waals surface area contributed by atoms with E-state index in [1.165, 1.54) is 19.2 Å². The number of hydrogen-bond donors (Lipinski definition) is 1. The van der Waals surface area contributed by atoms with Gasteiger partial charge in [0, 0.05) is 6.20 Å². The van der Waals surface area contributed by atoms with Crippen molar-refractivity contribution in [3.8, 4) is 11.5 Å². The van der Waals surface area contributed by atoms with Gasteiger partial charge in [-0.3, -0.25) is 0 Å². The number of imidazole rings is 1. The lowest BCUT2D eigenvalue weighted by Gasteiger charge is -2.11. The summed E-state index contributed by atoms with van der Waals surface area (Å²) in [7, 11) is -0.564. The first-order chi connectivity index (χ1) is 15.0. The number of methoxy groups -OCH3 is 2. The van der Waals surface area contributed by atoms with Gasteiger partial charge in [-0.2, -0.15) is 0 Å². The maximum atomic E-state index is 12.7. The van der Waals surface area contributed by atoms with Crippen molar-refractivity contribution in [2.24, 2.45) is 0 Å². The molecule has 0 spiro atoms. The van der Waals surface area contributed by atoms with Crippen LogP contribution in [-0.2, 0) is 23.1 Å². The molecule has 0 bridgehead atoms. The van der Waals surface area contributed by atoms with Crippen molar-refractivity contribution >= 4 is 21.2 Å². The summed E-state index contributed by atoms with van der Waals surface area (Å²) < 4.78 is 40.3. The number of ether oxygens (including phenoxy) is 2. The second kappa shape index (κ2) is 8.75. The summed E-state index contributed by atoms with van der Waals surface area (Å²) in [6.45, 7) is 0.526. The van der Waals surface area contributed by atoms with Crippen LogP contribution >= 0.6 is 0 Å². The molecular weight excluding hydrogens is 416 g/mol. The second-order valence-corrected chi connectivity index (χ2v) is 8.58. The number of hydrogen-bond acceptors (Lipinski definition) is 6. The van der Waals surface area contributed by atoms with Crippen LogP contribution in [0.2, 0.25) is 0 Å². The van der Waals surface area contributed by atoms with Crippen LogP contribution in [0.3, 0.4) is 0 Å². The molecule has 2 aromatic heterocycles. The Hall–Kier alpha value is -3.43. The van der Waals surface area contributed by atoms with Crippen molar-refractivity contribution < 1.29 is 17.9 Å². The third kappa shape index (κ3) is 4.52. The van der Waals surface area contributed by atoms with Crippen LogP contribution < -0.4 is 14.2 Å². The van der Waals surface area contributed by atoms with Gasteiger partial charge in [0.1, 0.15) is 22.8 Å². The lowest BCUT2D eigenvalue weighted by atomic mass is 10.2. The molecule has 4 rings (SSSR count). The number of fused-ring (bicyclic) bond motifs is 1. The molecule has 1 N–H and O–H groups in total. The fourth-order valence-electron chi connectivity index (χ4n) is 3.22. The van der Waals surface area contributed by atoms with Gasteiger partial charge in [-0.25, -0.2) is 23.1 Å². The van der Waals surface area contributed by atoms with Crippen molar-refractivity contribution in [1.29, 1.82) is 0 Å². The van der Waals surface area contributed by atoms with Crippen LogP contribution in [0.4, 0.5) is 0 Å². The van der Waals surface area contributed by atoms with Gasteiger partial charge in [0.15, 0.2) is 5.65 Å². The van der Waals surface area contributed by atoms with Crippen molar-refractivity contribution in [3.05, 3.63) is 78.2 Å². The fraction of sp³-hybridized carbons (Fsp3) is 0.182. The lowest BCUT2D eigenvalue weighted by molar-refractivity contribution is 0.414. The average Bonchev–Trinajstić information content (AvgIpc) is 3.16. The van der Waals surface area contributed by atoms with E-state index in [1.807, 2.05) is 34.9 Å². The van der Waals surface area contributed by atoms with Gasteiger partial charge in [0.2, 0.25) is 10.0 Å². The SMILES string of the molecule is COc1ccc(Cn2c(CNS(=O)(=O)c3ccc(OC)cc3)nc3cccnc32)cc1. The predicted molar refractivity (Wildman–Crippen MR) is 117 cm³/mol. The highest BCUT2D eigenvalue weighted by atomic mass is 32.2. The molecule has 2 aromatic carbocycles. The van der Waals surface area contributed by atoms with E-state index in [2.05, 4.69) is 14.7 Å². The van der Waals surface area contributed by atoms with Gasteiger partial charge in [0.05, 0.1) is 32.2 Å². The fourth-order valence-corrected chi connectivity index (χ4v) is 4.20. The van der Waals surface area contributed by atoms with E-state index in [0.29, 0.717) is 29.3 Å². The third-order valence-corrected chi connectivity index (χ3v) is 6.29. The predicted octanol–water partition coefficient (Wildman–Crippen LogP) is 2.98. The van der Waals surface area contributed by atoms with E-state index < -0.39 is 10.0 Å². The smallest absolute Gasteiger partial charge is 0.240 e. The Labute approximate surface area is 180 Å². The number of nitrogens with zero attached hydrogens (tertiary/aromatic N) is 3. The summed E-state index contributed by atoms with van der Waals surface area (Å²) in [6, 6.07) is 17.6. The summed E-state index contributed by atoms with van der Waals surface area (Å²) in [4.78, 5) is 9.19. The van der Waals surface area contributed by atoms with Gasteiger partial charge in [0.25, 0.3) is 0 Å². The topological polar surface area (TPSA) is 95.3 Å². The quantitative estimate of drug-likeness (QED) is 0.454. The van der Waals surface area contributed by atoms with Gasteiger partial charge < -0.3 is 14.0 Å². The van der Waals surface area contributed by atoms with Crippen LogP contribution in [0.25, 0.3) is 11.2 Å². The molecule has 0 radical (unpaired) electrons. The number of benzene rings is 2. The van der Waals surface area contributed by atoms with Crippen molar-refractivity contribution in [1.82, 2.24) is 19.3 Å². The molecule has 0 saturated carbocycles. The molecule has 160 valence electrons. The van der Waals surface area contributed by atoms with Crippen LogP contribution in [0.5, 0.6) is 11.5 Å². The highest BCUT2D eigenvalue weighted by molar-refractivity contribution is 7.89. The molecule has 0 aliphatic carbocycles. The Balaban J connectivity index is 1.61. The van der Waals surface area contributed by atoms with Crippen LogP contribution in [0.1, 0.15) is 11.4 Å². The zero-order valence-corrected chi connectivity index (χ0v) is 18.0. The molecule has 9 heteroatoms. The maximum Gasteiger partial charge on any atom is 0.240 e. The Morgan fingerprint density at radius 2 is 1.58 bits per heavy atom. The van der Waals surface area contributed by atoms with E-state index in [1.54, 1.807) is 31.5 Å². The van der Waals surface area contributed by atoms with Crippen molar-refractivity contribution in [2.45, 2.75) is 18.0 Å². The Kier molecular flexibility index (Phi) is 5.88. The number of aromatic nitrogens is 3. The molecule has 0 amide bonds. The minimum absolute atomic E-state index is 0.0286. The van der Waals surface area contributed by atoms with E-state index in [0.717, 1.165) is 11.3 Å². The molecule has 2 heterocycles. The highest BCUT2D eigenvalue weighted by Gasteiger charge is 2.18. The largest absolute Gasteiger partial charge is 0.497 e. The Bertz CT molecular complexity index is 1280. The van der Waals surface area contributed by atoms with Gasteiger partial charge >= 0.3 is 0 Å². The number of pyridine rings is 1. The summed E-state index contributed by atoms with van der Waals surface area (Å²) in [6.07, 6.45) is 1.69. The molecule has 0 aliphatic rings. The minimum Gasteiger partial charge on any atom is -0.497 e. The first kappa shape index (κ1) is 20.8. The second-order valence-electron chi connectivity index (χ2n) is 6.81. The number of rotatable bonds is 8. The molecule has 0 fully saturated rings.